The monoisotopic (exact) mass is 447 g/mol. The van der Waals surface area contributed by atoms with E-state index in [1.807, 2.05) is 18.7 Å². The van der Waals surface area contributed by atoms with Gasteiger partial charge in [-0.2, -0.15) is 4.68 Å². The first kappa shape index (κ1) is 22.1. The van der Waals surface area contributed by atoms with Gasteiger partial charge >= 0.3 is 11.7 Å². The van der Waals surface area contributed by atoms with Gasteiger partial charge in [0.1, 0.15) is 5.82 Å². The zero-order valence-corrected chi connectivity index (χ0v) is 18.5. The Morgan fingerprint density at radius 1 is 1.34 bits per heavy atom. The minimum atomic E-state index is -0.713. The number of primary amides is 1. The van der Waals surface area contributed by atoms with Crippen molar-refractivity contribution in [2.24, 2.45) is 22.8 Å². The van der Waals surface area contributed by atoms with E-state index in [2.05, 4.69) is 5.32 Å². The lowest BCUT2D eigenvalue weighted by molar-refractivity contribution is 0.231. The Balaban J connectivity index is 1.81. The molecule has 2 amide bonds. The molecule has 11 heteroatoms. The van der Waals surface area contributed by atoms with Crippen LogP contribution in [0.3, 0.4) is 0 Å². The predicted molar refractivity (Wildman–Crippen MR) is 121 cm³/mol. The summed E-state index contributed by atoms with van der Waals surface area (Å²) < 4.78 is 17.5. The van der Waals surface area contributed by atoms with Gasteiger partial charge in [-0.3, -0.25) is 9.36 Å². The van der Waals surface area contributed by atoms with Gasteiger partial charge in [-0.25, -0.2) is 14.0 Å². The standard InChI is InChI=1S/C21H30FN7O3/c1-10-16-12(18(30)29(25)20(32)28(16)11-4-5-11)6-14(22)17(10)27-8-13(21(2,3)9-27)15(23)7-26-19(24)31/h6,11,13,15H,4-5,7-9,23,25H2,1-3H3,(H3,24,26,31). The summed E-state index contributed by atoms with van der Waals surface area (Å²) in [5, 5.41) is 2.63. The molecule has 174 valence electrons. The number of urea groups is 1. The third-order valence-corrected chi connectivity index (χ3v) is 6.84. The van der Waals surface area contributed by atoms with Gasteiger partial charge in [0.15, 0.2) is 0 Å². The molecule has 1 aliphatic heterocycles. The molecule has 7 N–H and O–H groups in total. The highest BCUT2D eigenvalue weighted by atomic mass is 19.1. The second-order valence-electron chi connectivity index (χ2n) is 9.67. The van der Waals surface area contributed by atoms with Gasteiger partial charge < -0.3 is 27.5 Å². The number of nitrogens with one attached hydrogen (secondary N) is 1. The van der Waals surface area contributed by atoms with Crippen LogP contribution < -0.4 is 38.8 Å². The molecule has 2 aromatic rings. The first-order chi connectivity index (χ1) is 14.9. The lowest BCUT2D eigenvalue weighted by Gasteiger charge is -2.30. The van der Waals surface area contributed by atoms with Crippen molar-refractivity contribution in [1.29, 1.82) is 0 Å². The summed E-state index contributed by atoms with van der Waals surface area (Å²) in [5.74, 6) is 5.10. The number of carbonyl (C=O) groups is 1. The molecule has 0 bridgehead atoms. The van der Waals surface area contributed by atoms with Crippen LogP contribution >= 0.6 is 0 Å². The molecule has 10 nitrogen and oxygen atoms in total. The number of rotatable bonds is 5. The predicted octanol–water partition coefficient (Wildman–Crippen LogP) is 0.117. The number of nitrogens with two attached hydrogens (primary N) is 3. The molecule has 2 aliphatic rings. The van der Waals surface area contributed by atoms with Gasteiger partial charge in [-0.05, 0) is 37.2 Å². The molecule has 2 unspecified atom stereocenters. The number of nitrogen functional groups attached to an aromatic ring is 1. The highest BCUT2D eigenvalue weighted by molar-refractivity contribution is 5.87. The Morgan fingerprint density at radius 3 is 2.59 bits per heavy atom. The maximum atomic E-state index is 15.4. The minimum Gasteiger partial charge on any atom is -0.368 e. The number of aromatic nitrogens is 2. The van der Waals surface area contributed by atoms with Crippen LogP contribution in [0.15, 0.2) is 15.7 Å². The van der Waals surface area contributed by atoms with Crippen LogP contribution in [0, 0.1) is 24.1 Å². The fraction of sp³-hybridized carbons (Fsp3) is 0.571. The molecule has 0 radical (unpaired) electrons. The average Bonchev–Trinajstić information content (AvgIpc) is 3.48. The van der Waals surface area contributed by atoms with Crippen LogP contribution in [0.25, 0.3) is 10.9 Å². The van der Waals surface area contributed by atoms with E-state index in [0.29, 0.717) is 34.5 Å². The van der Waals surface area contributed by atoms with Crippen LogP contribution in [0.5, 0.6) is 0 Å². The van der Waals surface area contributed by atoms with Crippen molar-refractivity contribution in [2.45, 2.75) is 45.7 Å². The number of aryl methyl sites for hydroxylation is 1. The summed E-state index contributed by atoms with van der Waals surface area (Å²) in [6, 6.07) is 0.110. The van der Waals surface area contributed by atoms with Gasteiger partial charge in [-0.1, -0.05) is 13.8 Å². The maximum Gasteiger partial charge on any atom is 0.350 e. The molecule has 1 aromatic heterocycles. The minimum absolute atomic E-state index is 0.0477. The summed E-state index contributed by atoms with van der Waals surface area (Å²) in [5.41, 5.74) is 11.2. The third kappa shape index (κ3) is 3.50. The van der Waals surface area contributed by atoms with Crippen molar-refractivity contribution < 1.29 is 9.18 Å². The molecule has 1 aliphatic carbocycles. The second kappa shape index (κ2) is 7.51. The Bertz CT molecular complexity index is 1210. The molecular formula is C21H30FN7O3. The average molecular weight is 448 g/mol. The van der Waals surface area contributed by atoms with Crippen LogP contribution in [0.4, 0.5) is 14.9 Å². The number of hydrogen-bond donors (Lipinski definition) is 4. The normalized spacial score (nSPS) is 21.2. The maximum absolute atomic E-state index is 15.4. The van der Waals surface area contributed by atoms with Crippen molar-refractivity contribution in [2.75, 3.05) is 30.4 Å². The largest absolute Gasteiger partial charge is 0.368 e. The van der Waals surface area contributed by atoms with Gasteiger partial charge in [0.05, 0.1) is 16.6 Å². The number of carbonyl (C=O) groups excluding carboxylic acids is 1. The number of hydrogen-bond acceptors (Lipinski definition) is 6. The van der Waals surface area contributed by atoms with Crippen LogP contribution in [-0.4, -0.2) is 41.0 Å². The van der Waals surface area contributed by atoms with E-state index in [1.54, 1.807) is 6.92 Å². The van der Waals surface area contributed by atoms with E-state index < -0.39 is 23.1 Å². The lowest BCUT2D eigenvalue weighted by atomic mass is 9.78. The van der Waals surface area contributed by atoms with E-state index in [4.69, 9.17) is 17.3 Å². The number of fused-ring (bicyclic) bond motifs is 1. The van der Waals surface area contributed by atoms with E-state index in [9.17, 15) is 14.4 Å². The first-order valence-electron chi connectivity index (χ1n) is 10.7. The van der Waals surface area contributed by atoms with E-state index >= 15 is 4.39 Å². The third-order valence-electron chi connectivity index (χ3n) is 6.84. The Hall–Kier alpha value is -3.08. The smallest absolute Gasteiger partial charge is 0.350 e. The highest BCUT2D eigenvalue weighted by Gasteiger charge is 2.44. The molecular weight excluding hydrogens is 417 g/mol. The van der Waals surface area contributed by atoms with Crippen molar-refractivity contribution in [3.05, 3.63) is 38.3 Å². The number of nitrogens with zero attached hydrogens (tertiary/aromatic N) is 3. The quantitative estimate of drug-likeness (QED) is 0.477. The Morgan fingerprint density at radius 2 is 2.00 bits per heavy atom. The van der Waals surface area contributed by atoms with Crippen molar-refractivity contribution in [1.82, 2.24) is 14.6 Å². The fourth-order valence-electron chi connectivity index (χ4n) is 5.12. The molecule has 2 atom stereocenters. The summed E-state index contributed by atoms with van der Waals surface area (Å²) in [6.45, 7) is 7.01. The molecule has 4 rings (SSSR count). The number of halogens is 1. The van der Waals surface area contributed by atoms with E-state index in [0.717, 1.165) is 12.8 Å². The summed E-state index contributed by atoms with van der Waals surface area (Å²) in [7, 11) is 0. The van der Waals surface area contributed by atoms with E-state index in [1.165, 1.54) is 10.6 Å². The van der Waals surface area contributed by atoms with Crippen LogP contribution in [0.1, 0.15) is 38.3 Å². The molecule has 1 saturated carbocycles. The molecule has 2 heterocycles. The first-order valence-corrected chi connectivity index (χ1v) is 10.7. The molecule has 2 fully saturated rings. The van der Waals surface area contributed by atoms with Crippen LogP contribution in [-0.2, 0) is 0 Å². The van der Waals surface area contributed by atoms with Crippen LogP contribution in [0.2, 0.25) is 0 Å². The van der Waals surface area contributed by atoms with E-state index in [-0.39, 0.29) is 35.3 Å². The van der Waals surface area contributed by atoms with Gasteiger partial charge in [-0.15, -0.1) is 0 Å². The van der Waals surface area contributed by atoms with Crippen molar-refractivity contribution in [3.63, 3.8) is 0 Å². The number of amides is 2. The lowest BCUT2D eigenvalue weighted by Crippen LogP contribution is -2.47. The Labute approximate surface area is 184 Å². The fourth-order valence-corrected chi connectivity index (χ4v) is 5.12. The zero-order valence-electron chi connectivity index (χ0n) is 18.5. The summed E-state index contributed by atoms with van der Waals surface area (Å²) >= 11 is 0. The molecule has 1 saturated heterocycles. The molecule has 0 spiro atoms. The number of benzene rings is 1. The summed E-state index contributed by atoms with van der Waals surface area (Å²) in [4.78, 5) is 38.4. The highest BCUT2D eigenvalue weighted by Crippen LogP contribution is 2.43. The van der Waals surface area contributed by atoms with Gasteiger partial charge in [0.25, 0.3) is 5.56 Å². The SMILES string of the molecule is Cc1c(N2CC(C(N)CNC(N)=O)C(C)(C)C2)c(F)cc2c(=O)n(N)c(=O)n(C3CC3)c12. The molecule has 32 heavy (non-hydrogen) atoms. The van der Waals surface area contributed by atoms with Gasteiger partial charge in [0.2, 0.25) is 0 Å². The van der Waals surface area contributed by atoms with Crippen molar-refractivity contribution >= 4 is 22.6 Å². The molecule has 1 aromatic carbocycles. The Kier molecular flexibility index (Phi) is 5.19. The van der Waals surface area contributed by atoms with Gasteiger partial charge in [0, 0.05) is 37.3 Å². The topological polar surface area (TPSA) is 154 Å². The van der Waals surface area contributed by atoms with Crippen molar-refractivity contribution in [3.8, 4) is 0 Å². The number of anilines is 1. The summed E-state index contributed by atoms with van der Waals surface area (Å²) in [6.07, 6.45) is 1.61. The second-order valence-corrected chi connectivity index (χ2v) is 9.67. The zero-order chi connectivity index (χ0) is 23.5.